The van der Waals surface area contributed by atoms with Gasteiger partial charge in [-0.1, -0.05) is 12.1 Å². The lowest BCUT2D eigenvalue weighted by molar-refractivity contribution is -0.136. The first-order chi connectivity index (χ1) is 13.2. The normalized spacial score (nSPS) is 22.5. The van der Waals surface area contributed by atoms with Gasteiger partial charge in [-0.3, -0.25) is 9.59 Å². The largest absolute Gasteiger partial charge is 0.497 e. The molecule has 4 rings (SSSR count). The molecule has 1 aromatic heterocycles. The number of carbonyl (C=O) groups excluding carboxylic acids is 2. The van der Waals surface area contributed by atoms with Gasteiger partial charge in [-0.15, -0.1) is 0 Å². The summed E-state index contributed by atoms with van der Waals surface area (Å²) in [6.45, 7) is 1.64. The van der Waals surface area contributed by atoms with Crippen molar-refractivity contribution < 1.29 is 18.7 Å². The number of nitrogens with zero attached hydrogens (tertiary/aromatic N) is 2. The second kappa shape index (κ2) is 7.47. The van der Waals surface area contributed by atoms with E-state index in [9.17, 15) is 9.59 Å². The van der Waals surface area contributed by atoms with Crippen LogP contribution in [0.2, 0.25) is 0 Å². The summed E-state index contributed by atoms with van der Waals surface area (Å²) < 4.78 is 10.6. The molecule has 0 aliphatic carbocycles. The van der Waals surface area contributed by atoms with E-state index in [2.05, 4.69) is 0 Å². The molecule has 6 heteroatoms. The van der Waals surface area contributed by atoms with Crippen molar-refractivity contribution in [3.63, 3.8) is 0 Å². The van der Waals surface area contributed by atoms with Crippen LogP contribution in [-0.4, -0.2) is 41.8 Å². The third-order valence-electron chi connectivity index (χ3n) is 5.53. The number of likely N-dealkylation sites (tertiary alicyclic amines) is 2. The number of hydrogen-bond donors (Lipinski definition) is 0. The Hall–Kier alpha value is -2.76. The molecule has 0 spiro atoms. The van der Waals surface area contributed by atoms with Crippen molar-refractivity contribution in [2.75, 3.05) is 20.2 Å². The van der Waals surface area contributed by atoms with Crippen LogP contribution < -0.4 is 4.74 Å². The van der Waals surface area contributed by atoms with Crippen molar-refractivity contribution in [3.05, 3.63) is 54.0 Å². The third kappa shape index (κ3) is 3.56. The molecular weight excluding hydrogens is 344 g/mol. The van der Waals surface area contributed by atoms with E-state index in [0.717, 1.165) is 36.5 Å². The maximum absolute atomic E-state index is 13.1. The summed E-state index contributed by atoms with van der Waals surface area (Å²) in [7, 11) is 1.64. The van der Waals surface area contributed by atoms with E-state index < -0.39 is 0 Å². The van der Waals surface area contributed by atoms with Crippen molar-refractivity contribution in [3.8, 4) is 5.75 Å². The van der Waals surface area contributed by atoms with E-state index in [1.54, 1.807) is 18.3 Å². The summed E-state index contributed by atoms with van der Waals surface area (Å²) in [5, 5.41) is 0. The molecule has 0 N–H and O–H groups in total. The van der Waals surface area contributed by atoms with Crippen LogP contribution in [0.15, 0.2) is 47.1 Å². The minimum absolute atomic E-state index is 0.0185. The van der Waals surface area contributed by atoms with Gasteiger partial charge in [0.2, 0.25) is 11.8 Å². The summed E-state index contributed by atoms with van der Waals surface area (Å²) in [5.41, 5.74) is 1.12. The predicted molar refractivity (Wildman–Crippen MR) is 98.9 cm³/mol. The van der Waals surface area contributed by atoms with Gasteiger partial charge in [-0.25, -0.2) is 0 Å². The van der Waals surface area contributed by atoms with Gasteiger partial charge < -0.3 is 19.0 Å². The maximum Gasteiger partial charge on any atom is 0.228 e. The van der Waals surface area contributed by atoms with Gasteiger partial charge in [-0.2, -0.15) is 0 Å². The number of methoxy groups -OCH3 is 1. The van der Waals surface area contributed by atoms with E-state index in [1.807, 2.05) is 41.3 Å². The molecule has 1 aromatic carbocycles. The molecule has 0 unspecified atom stereocenters. The standard InChI is InChI=1S/C21H24N2O4/c1-26-17-8-6-15(7-9-17)19-5-2-10-23(19)21(25)16-12-20(24)22(13-16)14-18-4-3-11-27-18/h3-4,6-9,11,16,19H,2,5,10,12-14H2,1H3/t16-,19-/m0/s1. The minimum atomic E-state index is -0.272. The zero-order chi connectivity index (χ0) is 18.8. The lowest BCUT2D eigenvalue weighted by Crippen LogP contribution is -2.37. The number of amides is 2. The minimum Gasteiger partial charge on any atom is -0.497 e. The molecule has 6 nitrogen and oxygen atoms in total. The average Bonchev–Trinajstić information content (AvgIpc) is 3.43. The highest BCUT2D eigenvalue weighted by atomic mass is 16.5. The Kier molecular flexibility index (Phi) is 4.88. The molecule has 2 amide bonds. The van der Waals surface area contributed by atoms with E-state index in [-0.39, 0.29) is 30.2 Å². The number of rotatable bonds is 5. The second-order valence-corrected chi connectivity index (χ2v) is 7.22. The highest BCUT2D eigenvalue weighted by Gasteiger charge is 2.40. The summed E-state index contributed by atoms with van der Waals surface area (Å²) in [6, 6.07) is 11.7. The molecule has 2 aromatic rings. The van der Waals surface area contributed by atoms with Crippen LogP contribution in [0.1, 0.15) is 36.6 Å². The molecule has 3 heterocycles. The lowest BCUT2D eigenvalue weighted by Gasteiger charge is -2.27. The second-order valence-electron chi connectivity index (χ2n) is 7.22. The molecule has 27 heavy (non-hydrogen) atoms. The SMILES string of the molecule is COc1ccc([C@@H]2CCCN2C(=O)[C@H]2CC(=O)N(Cc3ccco3)C2)cc1. The van der Waals surface area contributed by atoms with Crippen LogP contribution in [0.25, 0.3) is 0 Å². The molecule has 2 aliphatic rings. The van der Waals surface area contributed by atoms with Gasteiger partial charge in [0, 0.05) is 19.5 Å². The molecule has 2 aliphatic heterocycles. The Morgan fingerprint density at radius 1 is 1.26 bits per heavy atom. The van der Waals surface area contributed by atoms with E-state index in [4.69, 9.17) is 9.15 Å². The molecule has 142 valence electrons. The van der Waals surface area contributed by atoms with Gasteiger partial charge in [0.05, 0.1) is 31.9 Å². The summed E-state index contributed by atoms with van der Waals surface area (Å²) in [4.78, 5) is 29.2. The van der Waals surface area contributed by atoms with Crippen molar-refractivity contribution >= 4 is 11.8 Å². The smallest absolute Gasteiger partial charge is 0.228 e. The van der Waals surface area contributed by atoms with Gasteiger partial charge in [-0.05, 0) is 42.7 Å². The van der Waals surface area contributed by atoms with Gasteiger partial charge >= 0.3 is 0 Å². The Morgan fingerprint density at radius 3 is 2.78 bits per heavy atom. The fourth-order valence-corrected chi connectivity index (χ4v) is 4.12. The molecule has 2 atom stereocenters. The highest BCUT2D eigenvalue weighted by Crippen LogP contribution is 2.35. The molecule has 2 fully saturated rings. The Balaban J connectivity index is 1.44. The van der Waals surface area contributed by atoms with E-state index >= 15 is 0 Å². The number of benzene rings is 1. The Morgan fingerprint density at radius 2 is 2.07 bits per heavy atom. The molecule has 0 radical (unpaired) electrons. The molecule has 0 saturated carbocycles. The molecule has 0 bridgehead atoms. The first-order valence-corrected chi connectivity index (χ1v) is 9.40. The first-order valence-electron chi connectivity index (χ1n) is 9.40. The number of ether oxygens (including phenoxy) is 1. The average molecular weight is 368 g/mol. The fraction of sp³-hybridized carbons (Fsp3) is 0.429. The van der Waals surface area contributed by atoms with Gasteiger partial charge in [0.1, 0.15) is 11.5 Å². The van der Waals surface area contributed by atoms with E-state index in [1.165, 1.54) is 0 Å². The van der Waals surface area contributed by atoms with Crippen LogP contribution in [0, 0.1) is 5.92 Å². The molecular formula is C21H24N2O4. The number of hydrogen-bond acceptors (Lipinski definition) is 4. The highest BCUT2D eigenvalue weighted by molar-refractivity contribution is 5.89. The summed E-state index contributed by atoms with van der Waals surface area (Å²) in [6.07, 6.45) is 3.82. The van der Waals surface area contributed by atoms with Gasteiger partial charge in [0.25, 0.3) is 0 Å². The van der Waals surface area contributed by atoms with Crippen LogP contribution in [-0.2, 0) is 16.1 Å². The molecule has 2 saturated heterocycles. The topological polar surface area (TPSA) is 63.0 Å². The third-order valence-corrected chi connectivity index (χ3v) is 5.53. The monoisotopic (exact) mass is 368 g/mol. The quantitative estimate of drug-likeness (QED) is 0.814. The van der Waals surface area contributed by atoms with Gasteiger partial charge in [0.15, 0.2) is 0 Å². The summed E-state index contributed by atoms with van der Waals surface area (Å²) >= 11 is 0. The van der Waals surface area contributed by atoms with Crippen molar-refractivity contribution in [1.82, 2.24) is 9.80 Å². The van der Waals surface area contributed by atoms with E-state index in [0.29, 0.717) is 13.1 Å². The van der Waals surface area contributed by atoms with Crippen molar-refractivity contribution in [1.29, 1.82) is 0 Å². The Bertz CT molecular complexity index is 800. The van der Waals surface area contributed by atoms with Crippen molar-refractivity contribution in [2.24, 2.45) is 5.92 Å². The summed E-state index contributed by atoms with van der Waals surface area (Å²) in [5.74, 6) is 1.39. The van der Waals surface area contributed by atoms with Crippen LogP contribution in [0.4, 0.5) is 0 Å². The lowest BCUT2D eigenvalue weighted by atomic mass is 10.0. The van der Waals surface area contributed by atoms with Crippen LogP contribution in [0.3, 0.4) is 0 Å². The van der Waals surface area contributed by atoms with Crippen LogP contribution in [0.5, 0.6) is 5.75 Å². The Labute approximate surface area is 158 Å². The zero-order valence-corrected chi connectivity index (χ0v) is 15.5. The van der Waals surface area contributed by atoms with Crippen molar-refractivity contribution in [2.45, 2.75) is 31.8 Å². The first kappa shape index (κ1) is 17.6. The van der Waals surface area contributed by atoms with Crippen LogP contribution >= 0.6 is 0 Å². The fourth-order valence-electron chi connectivity index (χ4n) is 4.12. The number of furan rings is 1. The maximum atomic E-state index is 13.1. The number of carbonyl (C=O) groups is 2. The zero-order valence-electron chi connectivity index (χ0n) is 15.5. The predicted octanol–water partition coefficient (Wildman–Crippen LogP) is 3.00.